The number of hydrogen-bond donors (Lipinski definition) is 2. The topological polar surface area (TPSA) is 120 Å². The van der Waals surface area contributed by atoms with Crippen molar-refractivity contribution in [2.75, 3.05) is 65.2 Å². The van der Waals surface area contributed by atoms with E-state index >= 15 is 0 Å². The largest absolute Gasteiger partial charge is 0.481 e. The number of carbonyl (C=O) groups excluding carboxylic acids is 2. The molecule has 1 rings (SSSR count). The van der Waals surface area contributed by atoms with Crippen LogP contribution in [-0.4, -0.2) is 87.3 Å². The molecule has 342 valence electrons. The highest BCUT2D eigenvalue weighted by Crippen LogP contribution is 2.32. The summed E-state index contributed by atoms with van der Waals surface area (Å²) in [7, 11) is 0. The second kappa shape index (κ2) is 40.1. The monoisotopic (exact) mass is 850 g/mol. The van der Waals surface area contributed by atoms with Gasteiger partial charge >= 0.3 is 5.97 Å². The maximum absolute atomic E-state index is 13.6. The first-order valence-corrected chi connectivity index (χ1v) is 24.8. The number of carboxylic acids is 1. The van der Waals surface area contributed by atoms with Crippen molar-refractivity contribution in [3.8, 4) is 0 Å². The molecule has 1 amide bonds. The average molecular weight is 850 g/mol. The van der Waals surface area contributed by atoms with Crippen LogP contribution < -0.4 is 5.32 Å². The van der Waals surface area contributed by atoms with Gasteiger partial charge in [-0.2, -0.15) is 0 Å². The molecule has 0 spiro atoms. The van der Waals surface area contributed by atoms with Crippen molar-refractivity contribution in [2.45, 2.75) is 175 Å². The van der Waals surface area contributed by atoms with Crippen molar-refractivity contribution in [3.63, 3.8) is 0 Å². The van der Waals surface area contributed by atoms with Gasteiger partial charge in [-0.05, 0) is 50.0 Å². The molecule has 0 bridgehead atoms. The van der Waals surface area contributed by atoms with Crippen LogP contribution in [0.3, 0.4) is 0 Å². The molecule has 0 aliphatic carbocycles. The van der Waals surface area contributed by atoms with Crippen LogP contribution in [0.5, 0.6) is 0 Å². The normalized spacial score (nSPS) is 13.6. The molecule has 0 aromatic heterocycles. The van der Waals surface area contributed by atoms with E-state index in [4.69, 9.17) is 18.9 Å². The number of rotatable bonds is 43. The van der Waals surface area contributed by atoms with Gasteiger partial charge in [0.2, 0.25) is 5.91 Å². The SMILES string of the molecule is CCCCCCCCCCCCOCCOCCOCCOCCSC(=O)C(C)CC(CC(CC(CC)c1ccccc1)C(=O)O)C(=O)NCCCCCCCCCC. The number of unbranched alkanes of at least 4 members (excludes halogenated alkanes) is 16. The lowest BCUT2D eigenvalue weighted by atomic mass is 9.80. The second-order valence-electron chi connectivity index (χ2n) is 16.4. The number of benzene rings is 1. The smallest absolute Gasteiger partial charge is 0.306 e. The average Bonchev–Trinajstić information content (AvgIpc) is 3.24. The Hall–Kier alpha value is -1.98. The summed E-state index contributed by atoms with van der Waals surface area (Å²) in [6.07, 6.45) is 24.4. The molecule has 0 aliphatic heterocycles. The second-order valence-corrected chi connectivity index (χ2v) is 17.5. The minimum absolute atomic E-state index is 0.00190. The lowest BCUT2D eigenvalue weighted by Crippen LogP contribution is -2.35. The molecule has 4 atom stereocenters. The zero-order valence-electron chi connectivity index (χ0n) is 38.0. The number of thioether (sulfide) groups is 1. The van der Waals surface area contributed by atoms with Crippen LogP contribution in [0.15, 0.2) is 30.3 Å². The molecule has 0 heterocycles. The number of hydrogen-bond acceptors (Lipinski definition) is 8. The molecule has 1 aromatic rings. The van der Waals surface area contributed by atoms with Crippen molar-refractivity contribution < 1.29 is 38.4 Å². The molecule has 1 aromatic carbocycles. The van der Waals surface area contributed by atoms with E-state index in [1.165, 1.54) is 102 Å². The number of amides is 1. The standard InChI is InChI=1S/C49H87NO8S/c1-5-8-10-12-14-16-17-19-21-26-30-55-31-32-56-33-34-57-35-36-58-37-38-59-49(54)42(4)39-45(47(51)50-29-25-20-18-15-13-11-9-6-2)41-46(48(52)53)40-43(7-3)44-27-23-22-24-28-44/h22-24,27-28,42-43,45-46H,5-21,25-26,29-41H2,1-4H3,(H,50,51)(H,52,53). The zero-order valence-corrected chi connectivity index (χ0v) is 38.9. The van der Waals surface area contributed by atoms with E-state index in [9.17, 15) is 19.5 Å². The number of carbonyl (C=O) groups is 3. The summed E-state index contributed by atoms with van der Waals surface area (Å²) < 4.78 is 22.6. The Bertz CT molecular complexity index is 1120. The Kier molecular flexibility index (Phi) is 37.4. The molecule has 10 heteroatoms. The summed E-state index contributed by atoms with van der Waals surface area (Å²) in [5.74, 6) is -2.07. The van der Waals surface area contributed by atoms with Crippen molar-refractivity contribution >= 4 is 28.8 Å². The number of nitrogens with one attached hydrogen (secondary N) is 1. The van der Waals surface area contributed by atoms with Crippen molar-refractivity contribution in [3.05, 3.63) is 35.9 Å². The minimum atomic E-state index is -0.887. The van der Waals surface area contributed by atoms with E-state index in [0.29, 0.717) is 71.4 Å². The van der Waals surface area contributed by atoms with Crippen LogP contribution in [-0.2, 0) is 33.3 Å². The summed E-state index contributed by atoms with van der Waals surface area (Å²) in [6.45, 7) is 13.3. The Labute approximate surface area is 365 Å². The molecule has 4 unspecified atom stereocenters. The fourth-order valence-electron chi connectivity index (χ4n) is 7.49. The van der Waals surface area contributed by atoms with Gasteiger partial charge in [-0.3, -0.25) is 14.4 Å². The summed E-state index contributed by atoms with van der Waals surface area (Å²) >= 11 is 1.22. The van der Waals surface area contributed by atoms with Gasteiger partial charge in [0.1, 0.15) is 0 Å². The third kappa shape index (κ3) is 31.5. The van der Waals surface area contributed by atoms with E-state index in [1.807, 2.05) is 37.3 Å². The molecule has 2 N–H and O–H groups in total. The summed E-state index contributed by atoms with van der Waals surface area (Å²) in [5.41, 5.74) is 1.12. The molecule has 0 saturated heterocycles. The molecule has 0 radical (unpaired) electrons. The maximum Gasteiger partial charge on any atom is 0.306 e. The quantitative estimate of drug-likeness (QED) is 0.0619. The van der Waals surface area contributed by atoms with Gasteiger partial charge in [-0.15, -0.1) is 0 Å². The lowest BCUT2D eigenvalue weighted by molar-refractivity contribution is -0.143. The number of carboxylic acid groups (broad SMARTS) is 1. The molecular weight excluding hydrogens is 763 g/mol. The van der Waals surface area contributed by atoms with Gasteiger partial charge < -0.3 is 29.4 Å². The highest BCUT2D eigenvalue weighted by Gasteiger charge is 2.32. The third-order valence-electron chi connectivity index (χ3n) is 11.2. The van der Waals surface area contributed by atoms with E-state index in [0.717, 1.165) is 44.3 Å². The first-order valence-electron chi connectivity index (χ1n) is 23.9. The van der Waals surface area contributed by atoms with Gasteiger partial charge in [0.05, 0.1) is 52.2 Å². The lowest BCUT2D eigenvalue weighted by Gasteiger charge is -2.25. The first kappa shape index (κ1) is 55.0. The van der Waals surface area contributed by atoms with Crippen LogP contribution in [0, 0.1) is 17.8 Å². The van der Waals surface area contributed by atoms with Crippen LogP contribution in [0.2, 0.25) is 0 Å². The van der Waals surface area contributed by atoms with Crippen LogP contribution >= 0.6 is 11.8 Å². The Morgan fingerprint density at radius 1 is 0.576 bits per heavy atom. The predicted octanol–water partition coefficient (Wildman–Crippen LogP) is 11.8. The zero-order chi connectivity index (χ0) is 43.0. The van der Waals surface area contributed by atoms with Crippen LogP contribution in [0.25, 0.3) is 0 Å². The third-order valence-corrected chi connectivity index (χ3v) is 12.3. The summed E-state index contributed by atoms with van der Waals surface area (Å²) in [4.78, 5) is 39.3. The molecular formula is C49H87NO8S. The van der Waals surface area contributed by atoms with Gasteiger partial charge in [0.25, 0.3) is 0 Å². The Morgan fingerprint density at radius 3 is 1.56 bits per heavy atom. The van der Waals surface area contributed by atoms with Gasteiger partial charge in [-0.1, -0.05) is 173 Å². The molecule has 59 heavy (non-hydrogen) atoms. The Morgan fingerprint density at radius 2 is 1.05 bits per heavy atom. The number of ether oxygens (including phenoxy) is 4. The van der Waals surface area contributed by atoms with Crippen molar-refractivity contribution in [1.29, 1.82) is 0 Å². The van der Waals surface area contributed by atoms with Gasteiger partial charge in [0.15, 0.2) is 5.12 Å². The van der Waals surface area contributed by atoms with E-state index < -0.39 is 23.7 Å². The minimum Gasteiger partial charge on any atom is -0.481 e. The number of aliphatic carboxylic acids is 1. The van der Waals surface area contributed by atoms with E-state index in [1.54, 1.807) is 0 Å². The van der Waals surface area contributed by atoms with Crippen molar-refractivity contribution in [1.82, 2.24) is 5.32 Å². The van der Waals surface area contributed by atoms with E-state index in [2.05, 4.69) is 26.1 Å². The fourth-order valence-corrected chi connectivity index (χ4v) is 8.28. The molecule has 0 fully saturated rings. The highest BCUT2D eigenvalue weighted by molar-refractivity contribution is 8.13. The molecule has 0 aliphatic rings. The van der Waals surface area contributed by atoms with Gasteiger partial charge in [-0.25, -0.2) is 0 Å². The summed E-state index contributed by atoms with van der Waals surface area (Å²) in [5, 5.41) is 13.4. The molecule has 0 saturated carbocycles. The van der Waals surface area contributed by atoms with Crippen LogP contribution in [0.1, 0.15) is 180 Å². The fraction of sp³-hybridized carbons (Fsp3) is 0.816. The highest BCUT2D eigenvalue weighted by atomic mass is 32.2. The Balaban J connectivity index is 2.33. The van der Waals surface area contributed by atoms with Gasteiger partial charge in [0, 0.05) is 30.7 Å². The van der Waals surface area contributed by atoms with Crippen molar-refractivity contribution in [2.24, 2.45) is 17.8 Å². The molecule has 9 nitrogen and oxygen atoms in total. The maximum atomic E-state index is 13.6. The summed E-state index contributed by atoms with van der Waals surface area (Å²) in [6, 6.07) is 10.0. The van der Waals surface area contributed by atoms with Crippen LogP contribution in [0.4, 0.5) is 0 Å². The first-order chi connectivity index (χ1) is 28.8. The van der Waals surface area contributed by atoms with E-state index in [-0.39, 0.29) is 23.4 Å². The predicted molar refractivity (Wildman–Crippen MR) is 245 cm³/mol.